The van der Waals surface area contributed by atoms with Crippen LogP contribution in [0.5, 0.6) is 11.9 Å². The summed E-state index contributed by atoms with van der Waals surface area (Å²) >= 11 is 5.01. The van der Waals surface area contributed by atoms with E-state index >= 15 is 0 Å². The van der Waals surface area contributed by atoms with E-state index in [4.69, 9.17) is 22.7 Å². The third kappa shape index (κ3) is 2.45. The fraction of sp³-hybridized carbons (Fsp3) is 0.273. The van der Waals surface area contributed by atoms with E-state index in [1.54, 1.807) is 18.1 Å². The van der Waals surface area contributed by atoms with Crippen molar-refractivity contribution in [3.8, 4) is 11.9 Å². The minimum absolute atomic E-state index is 0.215. The number of aryl methyl sites for hydroxylation is 3. The fourth-order valence-corrected chi connectivity index (χ4v) is 1.88. The Morgan fingerprint density at radius 3 is 2.72 bits per heavy atom. The molecule has 0 radical (unpaired) electrons. The van der Waals surface area contributed by atoms with Gasteiger partial charge in [0, 0.05) is 12.7 Å². The standard InChI is InChI=1S/C11H13N5OS/c1-6-4-7(2)14-10(8(6)9(12)18)17-11-13-5-16(3)15-11/h4-5H,1-3H3,(H2,12,18). The molecular weight excluding hydrogens is 250 g/mol. The Balaban J connectivity index is 2.45. The van der Waals surface area contributed by atoms with E-state index in [2.05, 4.69) is 15.1 Å². The molecule has 0 bridgehead atoms. The van der Waals surface area contributed by atoms with Crippen molar-refractivity contribution >= 4 is 17.2 Å². The largest absolute Gasteiger partial charge is 0.403 e. The lowest BCUT2D eigenvalue weighted by atomic mass is 10.1. The van der Waals surface area contributed by atoms with E-state index in [0.717, 1.165) is 11.3 Å². The van der Waals surface area contributed by atoms with Gasteiger partial charge in [-0.25, -0.2) is 4.98 Å². The second-order valence-corrected chi connectivity index (χ2v) is 4.37. The quantitative estimate of drug-likeness (QED) is 0.840. The van der Waals surface area contributed by atoms with Crippen LogP contribution in [0.2, 0.25) is 0 Å². The van der Waals surface area contributed by atoms with Crippen LogP contribution < -0.4 is 10.5 Å². The van der Waals surface area contributed by atoms with Gasteiger partial charge >= 0.3 is 6.01 Å². The molecule has 2 aromatic heterocycles. The van der Waals surface area contributed by atoms with Crippen LogP contribution in [0.25, 0.3) is 0 Å². The van der Waals surface area contributed by atoms with Gasteiger partial charge in [0.15, 0.2) is 0 Å². The number of thiocarbonyl (C=S) groups is 1. The van der Waals surface area contributed by atoms with Gasteiger partial charge in [0.2, 0.25) is 5.88 Å². The third-order valence-corrected chi connectivity index (χ3v) is 2.53. The molecule has 94 valence electrons. The Morgan fingerprint density at radius 2 is 2.17 bits per heavy atom. The minimum Gasteiger partial charge on any atom is -0.403 e. The Labute approximate surface area is 110 Å². The molecule has 2 heterocycles. The average Bonchev–Trinajstić information content (AvgIpc) is 2.62. The lowest BCUT2D eigenvalue weighted by Crippen LogP contribution is -2.14. The Hall–Kier alpha value is -2.02. The number of hydrogen-bond donors (Lipinski definition) is 1. The summed E-state index contributed by atoms with van der Waals surface area (Å²) < 4.78 is 7.07. The Bertz CT molecular complexity index is 607. The van der Waals surface area contributed by atoms with Gasteiger partial charge in [-0.1, -0.05) is 12.2 Å². The third-order valence-electron chi connectivity index (χ3n) is 2.32. The first kappa shape index (κ1) is 12.4. The first-order valence-corrected chi connectivity index (χ1v) is 5.69. The van der Waals surface area contributed by atoms with Crippen molar-refractivity contribution in [1.29, 1.82) is 0 Å². The molecule has 2 rings (SSSR count). The second kappa shape index (κ2) is 4.69. The number of pyridine rings is 1. The number of nitrogens with zero attached hydrogens (tertiary/aromatic N) is 4. The Morgan fingerprint density at radius 1 is 1.44 bits per heavy atom. The van der Waals surface area contributed by atoms with Crippen molar-refractivity contribution in [2.45, 2.75) is 13.8 Å². The van der Waals surface area contributed by atoms with Crippen molar-refractivity contribution in [2.75, 3.05) is 0 Å². The molecule has 7 heteroatoms. The van der Waals surface area contributed by atoms with Gasteiger partial charge in [0.25, 0.3) is 0 Å². The normalized spacial score (nSPS) is 10.4. The van der Waals surface area contributed by atoms with Crippen LogP contribution in [0.4, 0.5) is 0 Å². The van der Waals surface area contributed by atoms with Crippen LogP contribution >= 0.6 is 12.2 Å². The molecule has 6 nitrogen and oxygen atoms in total. The van der Waals surface area contributed by atoms with Crippen LogP contribution in [0.1, 0.15) is 16.8 Å². The number of nitrogens with two attached hydrogens (primary N) is 1. The van der Waals surface area contributed by atoms with Gasteiger partial charge in [-0.05, 0) is 25.5 Å². The SMILES string of the molecule is Cc1cc(C)c(C(N)=S)c(Oc2ncn(C)n2)n1. The van der Waals surface area contributed by atoms with Crippen LogP contribution in [0.15, 0.2) is 12.4 Å². The van der Waals surface area contributed by atoms with E-state index in [1.165, 1.54) is 0 Å². The highest BCUT2D eigenvalue weighted by Crippen LogP contribution is 2.24. The zero-order valence-corrected chi connectivity index (χ0v) is 11.2. The molecule has 0 aliphatic heterocycles. The van der Waals surface area contributed by atoms with E-state index in [0.29, 0.717) is 11.4 Å². The maximum atomic E-state index is 5.69. The monoisotopic (exact) mass is 263 g/mol. The van der Waals surface area contributed by atoms with Crippen LogP contribution in [-0.2, 0) is 7.05 Å². The molecule has 0 unspecified atom stereocenters. The molecule has 0 saturated heterocycles. The summed E-state index contributed by atoms with van der Waals surface area (Å²) in [5, 5.41) is 4.02. The summed E-state index contributed by atoms with van der Waals surface area (Å²) in [6.45, 7) is 3.77. The van der Waals surface area contributed by atoms with Crippen LogP contribution in [0, 0.1) is 13.8 Å². The number of aromatic nitrogens is 4. The highest BCUT2D eigenvalue weighted by molar-refractivity contribution is 7.80. The smallest absolute Gasteiger partial charge is 0.342 e. The molecule has 0 aliphatic rings. The van der Waals surface area contributed by atoms with Gasteiger partial charge in [0.05, 0.1) is 5.56 Å². The summed E-state index contributed by atoms with van der Waals surface area (Å²) in [6.07, 6.45) is 1.54. The summed E-state index contributed by atoms with van der Waals surface area (Å²) in [5.41, 5.74) is 8.04. The minimum atomic E-state index is 0.215. The van der Waals surface area contributed by atoms with Gasteiger partial charge in [0.1, 0.15) is 11.3 Å². The van der Waals surface area contributed by atoms with Gasteiger partial charge in [-0.2, -0.15) is 4.98 Å². The molecule has 2 N–H and O–H groups in total. The fourth-order valence-electron chi connectivity index (χ4n) is 1.63. The number of rotatable bonds is 3. The average molecular weight is 263 g/mol. The molecule has 0 spiro atoms. The van der Waals surface area contributed by atoms with Gasteiger partial charge < -0.3 is 10.5 Å². The van der Waals surface area contributed by atoms with Gasteiger partial charge in [-0.15, -0.1) is 5.10 Å². The second-order valence-electron chi connectivity index (χ2n) is 3.93. The first-order chi connectivity index (χ1) is 8.47. The molecule has 0 saturated carbocycles. The highest BCUT2D eigenvalue weighted by Gasteiger charge is 2.15. The number of ether oxygens (including phenoxy) is 1. The predicted molar refractivity (Wildman–Crippen MR) is 70.7 cm³/mol. The molecule has 0 atom stereocenters. The zero-order valence-electron chi connectivity index (χ0n) is 10.3. The highest BCUT2D eigenvalue weighted by atomic mass is 32.1. The van der Waals surface area contributed by atoms with Crippen molar-refractivity contribution in [1.82, 2.24) is 19.7 Å². The molecule has 18 heavy (non-hydrogen) atoms. The van der Waals surface area contributed by atoms with Crippen molar-refractivity contribution in [3.63, 3.8) is 0 Å². The van der Waals surface area contributed by atoms with E-state index in [-0.39, 0.29) is 11.0 Å². The topological polar surface area (TPSA) is 78.9 Å². The van der Waals surface area contributed by atoms with Crippen LogP contribution in [0.3, 0.4) is 0 Å². The summed E-state index contributed by atoms with van der Waals surface area (Å²) in [5.74, 6) is 0.339. The van der Waals surface area contributed by atoms with Crippen LogP contribution in [-0.4, -0.2) is 24.7 Å². The number of hydrogen-bond acceptors (Lipinski definition) is 5. The van der Waals surface area contributed by atoms with E-state index in [1.807, 2.05) is 19.9 Å². The summed E-state index contributed by atoms with van der Waals surface area (Å²) in [6, 6.07) is 2.11. The van der Waals surface area contributed by atoms with Crippen molar-refractivity contribution < 1.29 is 4.74 Å². The van der Waals surface area contributed by atoms with E-state index in [9.17, 15) is 0 Å². The Kier molecular flexibility index (Phi) is 3.24. The zero-order chi connectivity index (χ0) is 13.3. The summed E-state index contributed by atoms with van der Waals surface area (Å²) in [7, 11) is 1.75. The predicted octanol–water partition coefficient (Wildman–Crippen LogP) is 1.25. The maximum Gasteiger partial charge on any atom is 0.342 e. The molecule has 0 aromatic carbocycles. The molecule has 2 aromatic rings. The maximum absolute atomic E-state index is 5.69. The van der Waals surface area contributed by atoms with Gasteiger partial charge in [-0.3, -0.25) is 4.68 Å². The molecule has 0 amide bonds. The lowest BCUT2D eigenvalue weighted by molar-refractivity contribution is 0.420. The van der Waals surface area contributed by atoms with Crippen molar-refractivity contribution in [3.05, 3.63) is 29.2 Å². The molecule has 0 fully saturated rings. The molecule has 0 aliphatic carbocycles. The summed E-state index contributed by atoms with van der Waals surface area (Å²) in [4.78, 5) is 8.50. The first-order valence-electron chi connectivity index (χ1n) is 5.29. The molecular formula is C11H13N5OS. The van der Waals surface area contributed by atoms with Crippen molar-refractivity contribution in [2.24, 2.45) is 12.8 Å². The lowest BCUT2D eigenvalue weighted by Gasteiger charge is -2.10. The van der Waals surface area contributed by atoms with E-state index < -0.39 is 0 Å².